The molecule has 4 heterocycles. The van der Waals surface area contributed by atoms with Gasteiger partial charge in [-0.25, -0.2) is 15.0 Å². The van der Waals surface area contributed by atoms with Gasteiger partial charge < -0.3 is 10.2 Å². The van der Waals surface area contributed by atoms with E-state index in [2.05, 4.69) is 45.5 Å². The Hall–Kier alpha value is -2.73. The fourth-order valence-electron chi connectivity index (χ4n) is 5.30. The van der Waals surface area contributed by atoms with E-state index in [1.54, 1.807) is 17.7 Å². The highest BCUT2D eigenvalue weighted by Gasteiger charge is 2.26. The van der Waals surface area contributed by atoms with Crippen molar-refractivity contribution >= 4 is 43.4 Å². The molecule has 0 amide bonds. The van der Waals surface area contributed by atoms with Crippen LogP contribution in [0.4, 0.5) is 11.6 Å². The van der Waals surface area contributed by atoms with Crippen molar-refractivity contribution in [3.05, 3.63) is 53.3 Å². The lowest BCUT2D eigenvalue weighted by Crippen LogP contribution is -2.31. The number of benzene rings is 1. The van der Waals surface area contributed by atoms with Gasteiger partial charge in [0.05, 0.1) is 10.2 Å². The van der Waals surface area contributed by atoms with Gasteiger partial charge in [0.2, 0.25) is 0 Å². The summed E-state index contributed by atoms with van der Waals surface area (Å²) in [5, 5.41) is 4.86. The van der Waals surface area contributed by atoms with E-state index < -0.39 is 0 Å². The van der Waals surface area contributed by atoms with Crippen LogP contribution in [0.5, 0.6) is 0 Å². The fraction of sp³-hybridized carbons (Fsp3) is 0.423. The van der Waals surface area contributed by atoms with Gasteiger partial charge in [0.1, 0.15) is 22.8 Å². The molecule has 164 valence electrons. The number of rotatable bonds is 5. The molecule has 1 aliphatic carbocycles. The minimum absolute atomic E-state index is 0.856. The number of hydrogen-bond donors (Lipinski definition) is 1. The summed E-state index contributed by atoms with van der Waals surface area (Å²) in [6.45, 7) is 3.14. The zero-order valence-electron chi connectivity index (χ0n) is 18.4. The normalized spacial score (nSPS) is 16.4. The molecule has 5 nitrogen and oxygen atoms in total. The lowest BCUT2D eigenvalue weighted by molar-refractivity contribution is 0.569. The molecule has 6 heteroatoms. The van der Waals surface area contributed by atoms with Crippen molar-refractivity contribution in [1.29, 1.82) is 0 Å². The first-order valence-electron chi connectivity index (χ1n) is 12.0. The summed E-state index contributed by atoms with van der Waals surface area (Å²) in [5.74, 6) is 2.20. The Morgan fingerprint density at radius 2 is 1.72 bits per heavy atom. The number of piperidine rings is 1. The molecule has 4 aromatic rings. The van der Waals surface area contributed by atoms with Crippen LogP contribution in [0.1, 0.15) is 48.8 Å². The van der Waals surface area contributed by atoms with Crippen molar-refractivity contribution in [3.63, 3.8) is 0 Å². The number of aryl methyl sites for hydroxylation is 1. The highest BCUT2D eigenvalue weighted by atomic mass is 32.1. The van der Waals surface area contributed by atoms with Crippen LogP contribution >= 0.6 is 11.3 Å². The van der Waals surface area contributed by atoms with E-state index in [0.717, 1.165) is 59.8 Å². The third-order valence-corrected chi connectivity index (χ3v) is 7.98. The van der Waals surface area contributed by atoms with Gasteiger partial charge in [-0.2, -0.15) is 0 Å². The summed E-state index contributed by atoms with van der Waals surface area (Å²) in [6, 6.07) is 10.6. The lowest BCUT2D eigenvalue weighted by Gasteiger charge is -2.31. The molecule has 32 heavy (non-hydrogen) atoms. The van der Waals surface area contributed by atoms with Crippen molar-refractivity contribution < 1.29 is 0 Å². The second kappa shape index (κ2) is 8.66. The number of nitrogens with one attached hydrogen (secondary N) is 1. The highest BCUT2D eigenvalue weighted by Crippen LogP contribution is 2.42. The van der Waals surface area contributed by atoms with Crippen LogP contribution in [-0.2, 0) is 19.3 Å². The van der Waals surface area contributed by atoms with Crippen molar-refractivity contribution in [2.45, 2.75) is 51.4 Å². The van der Waals surface area contributed by atoms with Gasteiger partial charge >= 0.3 is 0 Å². The van der Waals surface area contributed by atoms with Crippen molar-refractivity contribution in [2.75, 3.05) is 29.9 Å². The Morgan fingerprint density at radius 3 is 2.56 bits per heavy atom. The average molecular weight is 444 g/mol. The van der Waals surface area contributed by atoms with Crippen LogP contribution in [0.2, 0.25) is 0 Å². The topological polar surface area (TPSA) is 53.9 Å². The molecule has 0 radical (unpaired) electrons. The molecule has 1 aromatic carbocycles. The molecule has 1 aliphatic heterocycles. The van der Waals surface area contributed by atoms with Crippen LogP contribution in [0.15, 0.2) is 36.7 Å². The third-order valence-electron chi connectivity index (χ3n) is 6.90. The average Bonchev–Trinajstić information content (AvgIpc) is 3.24. The van der Waals surface area contributed by atoms with E-state index in [-0.39, 0.29) is 0 Å². The highest BCUT2D eigenvalue weighted by molar-refractivity contribution is 7.26. The number of thiophene rings is 1. The van der Waals surface area contributed by atoms with E-state index in [9.17, 15) is 0 Å². The van der Waals surface area contributed by atoms with E-state index in [1.807, 2.05) is 0 Å². The maximum Gasteiger partial charge on any atom is 0.147 e. The zero-order chi connectivity index (χ0) is 21.3. The van der Waals surface area contributed by atoms with Crippen molar-refractivity contribution in [2.24, 2.45) is 0 Å². The van der Waals surface area contributed by atoms with Gasteiger partial charge in [0.25, 0.3) is 0 Å². The van der Waals surface area contributed by atoms with Crippen LogP contribution in [0.3, 0.4) is 0 Å². The summed E-state index contributed by atoms with van der Waals surface area (Å²) in [5.41, 5.74) is 5.41. The molecule has 0 unspecified atom stereocenters. The number of fused-ring (bicyclic) bond motifs is 5. The maximum absolute atomic E-state index is 5.27. The van der Waals surface area contributed by atoms with Crippen molar-refractivity contribution in [3.8, 4) is 0 Å². The van der Waals surface area contributed by atoms with Gasteiger partial charge in [-0.1, -0.05) is 30.3 Å². The summed E-state index contributed by atoms with van der Waals surface area (Å²) in [6.07, 6.45) is 11.4. The Bertz CT molecular complexity index is 1240. The molecule has 3 aromatic heterocycles. The number of pyridine rings is 1. The molecule has 0 saturated carbocycles. The molecule has 1 saturated heterocycles. The first-order valence-corrected chi connectivity index (χ1v) is 12.8. The Morgan fingerprint density at radius 1 is 0.906 bits per heavy atom. The first-order chi connectivity index (χ1) is 15.9. The second-order valence-electron chi connectivity index (χ2n) is 8.99. The number of anilines is 2. The summed E-state index contributed by atoms with van der Waals surface area (Å²) < 4.78 is 1.15. The fourth-order valence-corrected chi connectivity index (χ4v) is 6.42. The van der Waals surface area contributed by atoms with E-state index in [1.165, 1.54) is 60.0 Å². The molecule has 0 spiro atoms. The Labute approximate surface area is 192 Å². The Kier molecular flexibility index (Phi) is 5.39. The quantitative estimate of drug-likeness (QED) is 0.425. The molecule has 1 fully saturated rings. The number of hydrogen-bond acceptors (Lipinski definition) is 6. The van der Waals surface area contributed by atoms with Gasteiger partial charge in [-0.3, -0.25) is 0 Å². The Balaban J connectivity index is 1.40. The van der Waals surface area contributed by atoms with Crippen molar-refractivity contribution in [1.82, 2.24) is 15.0 Å². The minimum atomic E-state index is 0.856. The zero-order valence-corrected chi connectivity index (χ0v) is 19.3. The molecule has 2 aliphatic rings. The summed E-state index contributed by atoms with van der Waals surface area (Å²) in [4.78, 5) is 18.3. The van der Waals surface area contributed by atoms with E-state index >= 15 is 0 Å². The van der Waals surface area contributed by atoms with Gasteiger partial charge in [-0.15, -0.1) is 11.3 Å². The monoisotopic (exact) mass is 443 g/mol. The first kappa shape index (κ1) is 19.9. The largest absolute Gasteiger partial charge is 0.368 e. The number of aromatic nitrogens is 3. The number of nitrogens with zero attached hydrogens (tertiary/aromatic N) is 4. The summed E-state index contributed by atoms with van der Waals surface area (Å²) in [7, 11) is 0. The van der Waals surface area contributed by atoms with E-state index in [0.29, 0.717) is 0 Å². The van der Waals surface area contributed by atoms with Crippen LogP contribution < -0.4 is 10.2 Å². The molecule has 6 rings (SSSR count). The smallest absolute Gasteiger partial charge is 0.147 e. The van der Waals surface area contributed by atoms with E-state index in [4.69, 9.17) is 9.97 Å². The second-order valence-corrected chi connectivity index (χ2v) is 9.99. The summed E-state index contributed by atoms with van der Waals surface area (Å²) >= 11 is 1.76. The SMILES string of the molecule is c1ccc(CCNc2ncnc3c2sc2nc(N4CCCCC4)c4c(c23)CCCC4)cc1. The molecular weight excluding hydrogens is 414 g/mol. The molecular formula is C26H29N5S. The molecule has 0 atom stereocenters. The van der Waals surface area contributed by atoms with Gasteiger partial charge in [0, 0.05) is 25.0 Å². The van der Waals surface area contributed by atoms with Crippen LogP contribution in [-0.4, -0.2) is 34.6 Å². The van der Waals surface area contributed by atoms with Gasteiger partial charge in [0.15, 0.2) is 0 Å². The molecule has 0 bridgehead atoms. The van der Waals surface area contributed by atoms with Gasteiger partial charge in [-0.05, 0) is 68.1 Å². The van der Waals surface area contributed by atoms with Crippen LogP contribution in [0.25, 0.3) is 20.4 Å². The standard InChI is InChI=1S/C26H29N5S/c1-3-9-18(10-4-1)13-14-27-24-23-22(28-17-29-24)21-19-11-5-6-12-20(19)25(30-26(21)32-23)31-15-7-2-8-16-31/h1,3-4,9-10,17H,2,5-8,11-16H2,(H,27,28,29). The van der Waals surface area contributed by atoms with Crippen LogP contribution in [0, 0.1) is 0 Å². The predicted octanol–water partition coefficient (Wildman–Crippen LogP) is 5.76. The lowest BCUT2D eigenvalue weighted by atomic mass is 9.89. The third kappa shape index (κ3) is 3.60. The predicted molar refractivity (Wildman–Crippen MR) is 134 cm³/mol. The maximum atomic E-state index is 5.27. The molecule has 1 N–H and O–H groups in total. The minimum Gasteiger partial charge on any atom is -0.368 e.